The van der Waals surface area contributed by atoms with Crippen LogP contribution in [0.4, 0.5) is 0 Å². The van der Waals surface area contributed by atoms with Crippen molar-refractivity contribution in [1.29, 1.82) is 0 Å². The summed E-state index contributed by atoms with van der Waals surface area (Å²) in [6.07, 6.45) is 6.43. The van der Waals surface area contributed by atoms with Gasteiger partial charge in [0.25, 0.3) is 0 Å². The van der Waals surface area contributed by atoms with Crippen molar-refractivity contribution in [1.82, 2.24) is 15.6 Å². The number of hydrogen-bond acceptors (Lipinski definition) is 4. The lowest BCUT2D eigenvalue weighted by Gasteiger charge is -2.22. The van der Waals surface area contributed by atoms with Crippen LogP contribution in [0.25, 0.3) is 0 Å². The van der Waals surface area contributed by atoms with Gasteiger partial charge in [-0.15, -0.1) is 11.3 Å². The molecule has 2 aliphatic rings. The Bertz CT molecular complexity index is 516. The first-order chi connectivity index (χ1) is 10.7. The van der Waals surface area contributed by atoms with E-state index in [9.17, 15) is 0 Å². The molecule has 0 aliphatic carbocycles. The van der Waals surface area contributed by atoms with Gasteiger partial charge in [-0.3, -0.25) is 4.99 Å². The molecule has 2 aliphatic heterocycles. The van der Waals surface area contributed by atoms with E-state index in [0.29, 0.717) is 18.2 Å². The lowest BCUT2D eigenvalue weighted by Crippen LogP contribution is -2.47. The van der Waals surface area contributed by atoms with Gasteiger partial charge in [-0.05, 0) is 39.5 Å². The highest BCUT2D eigenvalue weighted by Crippen LogP contribution is 2.34. The fourth-order valence-electron chi connectivity index (χ4n) is 3.22. The van der Waals surface area contributed by atoms with Crippen LogP contribution < -0.4 is 10.6 Å². The van der Waals surface area contributed by atoms with Crippen molar-refractivity contribution >= 4 is 17.3 Å². The number of nitrogens with one attached hydrogen (secondary N) is 2. The summed E-state index contributed by atoms with van der Waals surface area (Å²) in [5, 5.41) is 10.2. The van der Waals surface area contributed by atoms with Gasteiger partial charge in [0, 0.05) is 30.6 Å². The molecule has 6 heteroatoms. The van der Waals surface area contributed by atoms with Crippen molar-refractivity contribution in [3.63, 3.8) is 0 Å². The van der Waals surface area contributed by atoms with Gasteiger partial charge >= 0.3 is 0 Å². The number of ether oxygens (including phenoxy) is 1. The molecule has 2 bridgehead atoms. The van der Waals surface area contributed by atoms with Crippen molar-refractivity contribution in [2.24, 2.45) is 4.99 Å². The standard InChI is InChI=1S/C16H26N4OS/c1-3-17-16(20-13-9-12-6-7-14(13)21-12)18-8-4-5-15-19-11(2)10-22-15/h10,12-14H,3-9H2,1-2H3,(H2,17,18,20). The van der Waals surface area contributed by atoms with Crippen LogP contribution >= 0.6 is 11.3 Å². The summed E-state index contributed by atoms with van der Waals surface area (Å²) in [7, 11) is 0. The van der Waals surface area contributed by atoms with Crippen LogP contribution in [-0.4, -0.2) is 42.3 Å². The minimum absolute atomic E-state index is 0.382. The first-order valence-electron chi connectivity index (χ1n) is 8.36. The van der Waals surface area contributed by atoms with Gasteiger partial charge in [-0.25, -0.2) is 4.98 Å². The zero-order chi connectivity index (χ0) is 15.4. The normalized spacial score (nSPS) is 27.4. The predicted octanol–water partition coefficient (Wildman–Crippen LogP) is 2.26. The second-order valence-corrected chi connectivity index (χ2v) is 7.05. The fourth-order valence-corrected chi connectivity index (χ4v) is 4.04. The number of nitrogens with zero attached hydrogens (tertiary/aromatic N) is 2. The third-order valence-electron chi connectivity index (χ3n) is 4.26. The van der Waals surface area contributed by atoms with Crippen molar-refractivity contribution in [3.05, 3.63) is 16.1 Å². The molecule has 0 radical (unpaired) electrons. The van der Waals surface area contributed by atoms with Gasteiger partial charge < -0.3 is 15.4 Å². The Kier molecular flexibility index (Phi) is 5.31. The zero-order valence-corrected chi connectivity index (χ0v) is 14.3. The van der Waals surface area contributed by atoms with E-state index < -0.39 is 0 Å². The van der Waals surface area contributed by atoms with Gasteiger partial charge in [0.2, 0.25) is 0 Å². The molecular formula is C16H26N4OS. The summed E-state index contributed by atoms with van der Waals surface area (Å²) in [5.41, 5.74) is 1.12. The third-order valence-corrected chi connectivity index (χ3v) is 5.28. The molecule has 2 saturated heterocycles. The van der Waals surface area contributed by atoms with E-state index in [0.717, 1.165) is 44.0 Å². The molecule has 2 fully saturated rings. The molecule has 0 aromatic carbocycles. The average Bonchev–Trinajstić information content (AvgIpc) is 3.20. The molecular weight excluding hydrogens is 296 g/mol. The molecule has 0 spiro atoms. The maximum Gasteiger partial charge on any atom is 0.191 e. The number of aromatic nitrogens is 1. The maximum atomic E-state index is 5.90. The van der Waals surface area contributed by atoms with Crippen LogP contribution in [0.3, 0.4) is 0 Å². The summed E-state index contributed by atoms with van der Waals surface area (Å²) < 4.78 is 5.90. The Balaban J connectivity index is 1.45. The molecule has 1 aromatic heterocycles. The number of rotatable bonds is 6. The van der Waals surface area contributed by atoms with E-state index in [1.807, 2.05) is 6.92 Å². The van der Waals surface area contributed by atoms with E-state index in [2.05, 4.69) is 27.9 Å². The molecule has 0 saturated carbocycles. The molecule has 3 atom stereocenters. The fraction of sp³-hybridized carbons (Fsp3) is 0.750. The Morgan fingerprint density at radius 3 is 3.05 bits per heavy atom. The topological polar surface area (TPSA) is 58.5 Å². The van der Waals surface area contributed by atoms with Gasteiger partial charge in [0.1, 0.15) is 0 Å². The smallest absolute Gasteiger partial charge is 0.191 e. The van der Waals surface area contributed by atoms with Crippen LogP contribution in [0.2, 0.25) is 0 Å². The summed E-state index contributed by atoms with van der Waals surface area (Å²) in [6.45, 7) is 5.87. The van der Waals surface area contributed by atoms with Gasteiger partial charge in [0.15, 0.2) is 5.96 Å². The van der Waals surface area contributed by atoms with E-state index in [1.54, 1.807) is 11.3 Å². The molecule has 2 N–H and O–H groups in total. The van der Waals surface area contributed by atoms with Crippen LogP contribution in [-0.2, 0) is 11.2 Å². The highest BCUT2D eigenvalue weighted by molar-refractivity contribution is 7.09. The van der Waals surface area contributed by atoms with Crippen LogP contribution in [0.1, 0.15) is 43.3 Å². The molecule has 0 amide bonds. The minimum atomic E-state index is 0.382. The van der Waals surface area contributed by atoms with Gasteiger partial charge in [0.05, 0.1) is 23.3 Å². The number of aliphatic imine (C=N–C) groups is 1. The second-order valence-electron chi connectivity index (χ2n) is 6.11. The van der Waals surface area contributed by atoms with Crippen molar-refractivity contribution in [2.45, 2.75) is 64.2 Å². The Morgan fingerprint density at radius 1 is 1.50 bits per heavy atom. The van der Waals surface area contributed by atoms with Crippen LogP contribution in [0.15, 0.2) is 10.4 Å². The van der Waals surface area contributed by atoms with Crippen LogP contribution in [0, 0.1) is 6.92 Å². The van der Waals surface area contributed by atoms with Crippen molar-refractivity contribution in [2.75, 3.05) is 13.1 Å². The summed E-state index contributed by atoms with van der Waals surface area (Å²) in [4.78, 5) is 9.19. The molecule has 5 nitrogen and oxygen atoms in total. The maximum absolute atomic E-state index is 5.90. The van der Waals surface area contributed by atoms with E-state index in [4.69, 9.17) is 9.73 Å². The number of hydrogen-bond donors (Lipinski definition) is 2. The molecule has 1 aromatic rings. The Morgan fingerprint density at radius 2 is 2.41 bits per heavy atom. The number of aryl methyl sites for hydroxylation is 2. The van der Waals surface area contributed by atoms with Gasteiger partial charge in [-0.2, -0.15) is 0 Å². The molecule has 3 unspecified atom stereocenters. The first kappa shape index (κ1) is 15.7. The molecule has 22 heavy (non-hydrogen) atoms. The minimum Gasteiger partial charge on any atom is -0.373 e. The van der Waals surface area contributed by atoms with Crippen LogP contribution in [0.5, 0.6) is 0 Å². The largest absolute Gasteiger partial charge is 0.373 e. The van der Waals surface area contributed by atoms with Crippen molar-refractivity contribution in [3.8, 4) is 0 Å². The Hall–Kier alpha value is -1.14. The quantitative estimate of drug-likeness (QED) is 0.479. The molecule has 3 heterocycles. The average molecular weight is 322 g/mol. The van der Waals surface area contributed by atoms with E-state index in [1.165, 1.54) is 17.8 Å². The lowest BCUT2D eigenvalue weighted by atomic mass is 9.96. The highest BCUT2D eigenvalue weighted by Gasteiger charge is 2.41. The molecule has 122 valence electrons. The zero-order valence-electron chi connectivity index (χ0n) is 13.5. The number of thiazole rings is 1. The number of fused-ring (bicyclic) bond motifs is 2. The summed E-state index contributed by atoms with van der Waals surface area (Å²) in [6, 6.07) is 0.429. The first-order valence-corrected chi connectivity index (χ1v) is 9.24. The highest BCUT2D eigenvalue weighted by atomic mass is 32.1. The van der Waals surface area contributed by atoms with Crippen molar-refractivity contribution < 1.29 is 4.74 Å². The lowest BCUT2D eigenvalue weighted by molar-refractivity contribution is 0.0992. The summed E-state index contributed by atoms with van der Waals surface area (Å²) in [5.74, 6) is 0.930. The van der Waals surface area contributed by atoms with Gasteiger partial charge in [-0.1, -0.05) is 0 Å². The summed E-state index contributed by atoms with van der Waals surface area (Å²) >= 11 is 1.75. The van der Waals surface area contributed by atoms with E-state index >= 15 is 0 Å². The SMILES string of the molecule is CCNC(=NCCCc1nc(C)cs1)NC1CC2CCC1O2. The third kappa shape index (κ3) is 3.98. The second kappa shape index (κ2) is 7.42. The number of guanidine groups is 1. The predicted molar refractivity (Wildman–Crippen MR) is 90.6 cm³/mol. The monoisotopic (exact) mass is 322 g/mol. The Labute approximate surface area is 136 Å². The molecule has 3 rings (SSSR count). The van der Waals surface area contributed by atoms with E-state index in [-0.39, 0.29) is 0 Å².